The molecule has 0 aromatic rings. The molecule has 0 radical (unpaired) electrons. The second kappa shape index (κ2) is 23.9. The maximum Gasteiger partial charge on any atom is 0.0538 e. The van der Waals surface area contributed by atoms with Crippen LogP contribution in [0, 0.1) is 23.7 Å². The van der Waals surface area contributed by atoms with E-state index in [-0.39, 0.29) is 38.3 Å². The molecule has 194 valence electrons. The van der Waals surface area contributed by atoms with Gasteiger partial charge in [-0.15, -0.1) is 0 Å². The SMILES string of the molecule is CC(C)CCCCCOCC(CO)CO.OCC(CO)COCCCCC1CCCCC1. The Morgan fingerprint density at radius 1 is 0.656 bits per heavy atom. The highest BCUT2D eigenvalue weighted by Gasteiger charge is 2.12. The second-order valence-corrected chi connectivity index (χ2v) is 9.86. The van der Waals surface area contributed by atoms with E-state index in [2.05, 4.69) is 13.8 Å². The molecule has 0 amide bonds. The lowest BCUT2D eigenvalue weighted by Gasteiger charge is -2.21. The van der Waals surface area contributed by atoms with E-state index in [9.17, 15) is 0 Å². The van der Waals surface area contributed by atoms with E-state index in [0.29, 0.717) is 13.2 Å². The largest absolute Gasteiger partial charge is 0.396 e. The molecule has 1 fully saturated rings. The van der Waals surface area contributed by atoms with Gasteiger partial charge in [-0.1, -0.05) is 78.1 Å². The van der Waals surface area contributed by atoms with Crippen molar-refractivity contribution in [2.75, 3.05) is 52.9 Å². The normalized spacial score (nSPS) is 14.9. The van der Waals surface area contributed by atoms with Crippen LogP contribution in [0.3, 0.4) is 0 Å². The van der Waals surface area contributed by atoms with Gasteiger partial charge in [0, 0.05) is 25.0 Å². The van der Waals surface area contributed by atoms with Gasteiger partial charge in [-0.05, 0) is 24.7 Å². The topological polar surface area (TPSA) is 99.4 Å². The number of unbranched alkanes of at least 4 members (excludes halogenated alkanes) is 3. The maximum absolute atomic E-state index is 8.86. The molecule has 1 aliphatic carbocycles. The number of hydrogen-bond donors (Lipinski definition) is 4. The predicted octanol–water partition coefficient (Wildman–Crippen LogP) is 4.17. The zero-order valence-electron chi connectivity index (χ0n) is 21.1. The Labute approximate surface area is 197 Å². The van der Waals surface area contributed by atoms with Crippen molar-refractivity contribution in [2.45, 2.75) is 90.9 Å². The van der Waals surface area contributed by atoms with E-state index < -0.39 is 0 Å². The summed E-state index contributed by atoms with van der Waals surface area (Å²) in [6.45, 7) is 6.98. The Bertz CT molecular complexity index is 352. The first-order chi connectivity index (χ1) is 15.6. The molecule has 1 saturated carbocycles. The van der Waals surface area contributed by atoms with Crippen molar-refractivity contribution in [2.24, 2.45) is 23.7 Å². The molecule has 1 aliphatic rings. The van der Waals surface area contributed by atoms with Crippen LogP contribution in [0.1, 0.15) is 90.9 Å². The van der Waals surface area contributed by atoms with Crippen LogP contribution < -0.4 is 0 Å². The summed E-state index contributed by atoms with van der Waals surface area (Å²) in [6, 6.07) is 0. The van der Waals surface area contributed by atoms with Gasteiger partial charge in [-0.2, -0.15) is 0 Å². The van der Waals surface area contributed by atoms with Gasteiger partial charge in [0.1, 0.15) is 0 Å². The third-order valence-electron chi connectivity index (χ3n) is 6.19. The minimum atomic E-state index is -0.110. The molecule has 0 atom stereocenters. The third-order valence-corrected chi connectivity index (χ3v) is 6.19. The molecule has 1 rings (SSSR count). The van der Waals surface area contributed by atoms with E-state index in [1.807, 2.05) is 0 Å². The lowest BCUT2D eigenvalue weighted by Crippen LogP contribution is -2.18. The molecule has 0 spiro atoms. The van der Waals surface area contributed by atoms with Gasteiger partial charge in [0.15, 0.2) is 0 Å². The number of hydrogen-bond acceptors (Lipinski definition) is 6. The highest BCUT2D eigenvalue weighted by atomic mass is 16.5. The number of rotatable bonds is 19. The standard InChI is InChI=1S/C14H28O3.C12H26O3/c15-10-14(11-16)12-17-9-5-4-8-13-6-2-1-3-7-13;1-11(2)6-4-3-5-7-15-10-12(8-13)9-14/h13-16H,1-12H2;11-14H,3-10H2,1-2H3. The van der Waals surface area contributed by atoms with Crippen molar-refractivity contribution < 1.29 is 29.9 Å². The average Bonchev–Trinajstić information content (AvgIpc) is 2.81. The highest BCUT2D eigenvalue weighted by molar-refractivity contribution is 4.65. The van der Waals surface area contributed by atoms with Crippen molar-refractivity contribution in [3.05, 3.63) is 0 Å². The molecule has 0 aromatic carbocycles. The third kappa shape index (κ3) is 20.4. The van der Waals surface area contributed by atoms with Gasteiger partial charge < -0.3 is 29.9 Å². The molecule has 0 heterocycles. The first-order valence-electron chi connectivity index (χ1n) is 13.2. The lowest BCUT2D eigenvalue weighted by atomic mass is 9.86. The fourth-order valence-corrected chi connectivity index (χ4v) is 3.87. The molecule has 32 heavy (non-hydrogen) atoms. The summed E-state index contributed by atoms with van der Waals surface area (Å²) in [6.07, 6.45) is 15.7. The van der Waals surface area contributed by atoms with Crippen LogP contribution in [-0.4, -0.2) is 73.3 Å². The Morgan fingerprint density at radius 2 is 1.16 bits per heavy atom. The van der Waals surface area contributed by atoms with E-state index in [0.717, 1.165) is 37.9 Å². The summed E-state index contributed by atoms with van der Waals surface area (Å²) in [5.74, 6) is 1.54. The maximum atomic E-state index is 8.86. The first-order valence-corrected chi connectivity index (χ1v) is 13.2. The summed E-state index contributed by atoms with van der Waals surface area (Å²) in [5, 5.41) is 35.3. The molecule has 0 bridgehead atoms. The van der Waals surface area contributed by atoms with E-state index in [1.54, 1.807) is 0 Å². The molecule has 4 N–H and O–H groups in total. The van der Waals surface area contributed by atoms with Gasteiger partial charge in [-0.25, -0.2) is 0 Å². The monoisotopic (exact) mass is 462 g/mol. The molecular formula is C26H54O6. The summed E-state index contributed by atoms with van der Waals surface area (Å²) < 4.78 is 10.8. The van der Waals surface area contributed by atoms with Gasteiger partial charge in [0.25, 0.3) is 0 Å². The van der Waals surface area contributed by atoms with Crippen LogP contribution in [0.5, 0.6) is 0 Å². The van der Waals surface area contributed by atoms with Crippen LogP contribution in [-0.2, 0) is 9.47 Å². The smallest absolute Gasteiger partial charge is 0.0538 e. The van der Waals surface area contributed by atoms with Crippen LogP contribution >= 0.6 is 0 Å². The van der Waals surface area contributed by atoms with Crippen molar-refractivity contribution >= 4 is 0 Å². The molecule has 6 nitrogen and oxygen atoms in total. The fraction of sp³-hybridized carbons (Fsp3) is 1.00. The van der Waals surface area contributed by atoms with Gasteiger partial charge in [0.05, 0.1) is 39.6 Å². The number of aliphatic hydroxyl groups excluding tert-OH is 4. The molecule has 0 saturated heterocycles. The van der Waals surface area contributed by atoms with E-state index in [4.69, 9.17) is 29.9 Å². The highest BCUT2D eigenvalue weighted by Crippen LogP contribution is 2.27. The zero-order chi connectivity index (χ0) is 23.9. The first kappa shape index (κ1) is 31.8. The Balaban J connectivity index is 0.000000607. The lowest BCUT2D eigenvalue weighted by molar-refractivity contribution is 0.0430. The molecule has 0 aromatic heterocycles. The minimum Gasteiger partial charge on any atom is -0.396 e. The summed E-state index contributed by atoms with van der Waals surface area (Å²) >= 11 is 0. The van der Waals surface area contributed by atoms with Crippen LogP contribution in [0.15, 0.2) is 0 Å². The average molecular weight is 463 g/mol. The van der Waals surface area contributed by atoms with Gasteiger partial charge >= 0.3 is 0 Å². The van der Waals surface area contributed by atoms with Crippen molar-refractivity contribution in [1.29, 1.82) is 0 Å². The summed E-state index contributed by atoms with van der Waals surface area (Å²) in [7, 11) is 0. The van der Waals surface area contributed by atoms with E-state index >= 15 is 0 Å². The molecule has 0 aliphatic heterocycles. The number of ether oxygens (including phenoxy) is 2. The summed E-state index contributed by atoms with van der Waals surface area (Å²) in [4.78, 5) is 0. The molecule has 6 heteroatoms. The van der Waals surface area contributed by atoms with E-state index in [1.165, 1.54) is 64.2 Å². The van der Waals surface area contributed by atoms with Crippen molar-refractivity contribution in [1.82, 2.24) is 0 Å². The van der Waals surface area contributed by atoms with Gasteiger partial charge in [0.2, 0.25) is 0 Å². The van der Waals surface area contributed by atoms with Crippen LogP contribution in [0.2, 0.25) is 0 Å². The van der Waals surface area contributed by atoms with Crippen molar-refractivity contribution in [3.63, 3.8) is 0 Å². The quantitative estimate of drug-likeness (QED) is 0.215. The Morgan fingerprint density at radius 3 is 1.62 bits per heavy atom. The minimum absolute atomic E-state index is 0.00382. The Hall–Kier alpha value is -0.240. The summed E-state index contributed by atoms with van der Waals surface area (Å²) in [5.41, 5.74) is 0. The van der Waals surface area contributed by atoms with Crippen LogP contribution in [0.25, 0.3) is 0 Å². The zero-order valence-corrected chi connectivity index (χ0v) is 21.1. The van der Waals surface area contributed by atoms with Crippen LogP contribution in [0.4, 0.5) is 0 Å². The number of aliphatic hydroxyl groups is 4. The van der Waals surface area contributed by atoms with Crippen molar-refractivity contribution in [3.8, 4) is 0 Å². The fourth-order valence-electron chi connectivity index (χ4n) is 3.87. The Kier molecular flexibility index (Phi) is 23.7. The van der Waals surface area contributed by atoms with Gasteiger partial charge in [-0.3, -0.25) is 0 Å². The molecular weight excluding hydrogens is 408 g/mol. The molecule has 0 unspecified atom stereocenters. The predicted molar refractivity (Wildman–Crippen MR) is 131 cm³/mol. The second-order valence-electron chi connectivity index (χ2n) is 9.86.